The van der Waals surface area contributed by atoms with Crippen LogP contribution >= 0.6 is 0 Å². The first-order valence-corrected chi connectivity index (χ1v) is 18.5. The molecule has 0 aliphatic carbocycles. The van der Waals surface area contributed by atoms with E-state index in [0.29, 0.717) is 17.5 Å². The van der Waals surface area contributed by atoms with Gasteiger partial charge in [0.2, 0.25) is 0 Å². The summed E-state index contributed by atoms with van der Waals surface area (Å²) in [7, 11) is 0. The van der Waals surface area contributed by atoms with Crippen molar-refractivity contribution in [1.29, 1.82) is 0 Å². The third-order valence-corrected chi connectivity index (χ3v) is 10.3. The first-order chi connectivity index (χ1) is 27.3. The van der Waals surface area contributed by atoms with Crippen LogP contribution in [0.4, 0.5) is 0 Å². The molecule has 0 aliphatic heterocycles. The van der Waals surface area contributed by atoms with Crippen LogP contribution in [0, 0.1) is 0 Å². The molecule has 4 heteroatoms. The second kappa shape index (κ2) is 13.8. The van der Waals surface area contributed by atoms with Crippen molar-refractivity contribution in [2.45, 2.75) is 0 Å². The second-order valence-electron chi connectivity index (χ2n) is 13.7. The summed E-state index contributed by atoms with van der Waals surface area (Å²) in [5, 5.41) is 2.42. The molecule has 0 saturated heterocycles. The first-order valence-electron chi connectivity index (χ1n) is 18.5. The van der Waals surface area contributed by atoms with Gasteiger partial charge < -0.3 is 4.57 Å². The second-order valence-corrected chi connectivity index (χ2v) is 13.7. The number of hydrogen-bond acceptors (Lipinski definition) is 3. The predicted octanol–water partition coefficient (Wildman–Crippen LogP) is 13.0. The van der Waals surface area contributed by atoms with Gasteiger partial charge in [-0.05, 0) is 58.1 Å². The smallest absolute Gasteiger partial charge is 0.164 e. The SMILES string of the molecule is c1ccc(-c2ccc(-c3ccc4c5ccccc5n(-c5ccc(-c6nc(-c7ccccc7)nc(-c7ccccc7)n6)cc5-c5ccccc5)c4c3)cc2)cc1. The van der Waals surface area contributed by atoms with E-state index in [-0.39, 0.29) is 0 Å². The van der Waals surface area contributed by atoms with Gasteiger partial charge >= 0.3 is 0 Å². The van der Waals surface area contributed by atoms with Gasteiger partial charge in [0, 0.05) is 33.0 Å². The van der Waals surface area contributed by atoms with Gasteiger partial charge in [0.05, 0.1) is 16.7 Å². The largest absolute Gasteiger partial charge is 0.309 e. The van der Waals surface area contributed by atoms with Gasteiger partial charge in [-0.15, -0.1) is 0 Å². The van der Waals surface area contributed by atoms with Crippen molar-refractivity contribution in [2.75, 3.05) is 0 Å². The highest BCUT2D eigenvalue weighted by atomic mass is 15.0. The van der Waals surface area contributed by atoms with Gasteiger partial charge in [0.1, 0.15) is 0 Å². The van der Waals surface area contributed by atoms with E-state index in [1.807, 2.05) is 60.7 Å². The number of aromatic nitrogens is 4. The van der Waals surface area contributed by atoms with Crippen LogP contribution in [0.15, 0.2) is 206 Å². The van der Waals surface area contributed by atoms with Crippen molar-refractivity contribution >= 4 is 21.8 Å². The van der Waals surface area contributed by atoms with E-state index < -0.39 is 0 Å². The van der Waals surface area contributed by atoms with Gasteiger partial charge in [-0.1, -0.05) is 176 Å². The Bertz CT molecular complexity index is 2880. The maximum Gasteiger partial charge on any atom is 0.164 e. The number of hydrogen-bond donors (Lipinski definition) is 0. The van der Waals surface area contributed by atoms with E-state index in [1.54, 1.807) is 0 Å². The minimum Gasteiger partial charge on any atom is -0.309 e. The molecule has 8 aromatic carbocycles. The molecule has 0 spiro atoms. The fraction of sp³-hybridized carbons (Fsp3) is 0. The van der Waals surface area contributed by atoms with Crippen molar-refractivity contribution in [3.8, 4) is 73.2 Å². The van der Waals surface area contributed by atoms with Crippen LogP contribution in [0.5, 0.6) is 0 Å². The molecule has 4 nitrogen and oxygen atoms in total. The summed E-state index contributed by atoms with van der Waals surface area (Å²) < 4.78 is 2.41. The molecular weight excluding hydrogens is 669 g/mol. The van der Waals surface area contributed by atoms with Crippen LogP contribution in [0.25, 0.3) is 95.0 Å². The highest BCUT2D eigenvalue weighted by Gasteiger charge is 2.19. The quantitative estimate of drug-likeness (QED) is 0.166. The lowest BCUT2D eigenvalue weighted by Gasteiger charge is -2.16. The summed E-state index contributed by atoms with van der Waals surface area (Å²) in [6, 6.07) is 72.4. The Kier molecular flexibility index (Phi) is 8.12. The van der Waals surface area contributed by atoms with E-state index in [4.69, 9.17) is 15.0 Å². The minimum atomic E-state index is 0.625. The van der Waals surface area contributed by atoms with Gasteiger partial charge in [-0.3, -0.25) is 0 Å². The Morgan fingerprint density at radius 3 is 1.29 bits per heavy atom. The highest BCUT2D eigenvalue weighted by molar-refractivity contribution is 6.10. The fourth-order valence-electron chi connectivity index (χ4n) is 7.55. The van der Waals surface area contributed by atoms with Gasteiger partial charge in [0.15, 0.2) is 17.5 Å². The normalized spacial score (nSPS) is 11.3. The number of rotatable bonds is 7. The van der Waals surface area contributed by atoms with E-state index in [1.165, 1.54) is 33.0 Å². The summed E-state index contributed by atoms with van der Waals surface area (Å²) in [4.78, 5) is 15.1. The van der Waals surface area contributed by atoms with Crippen LogP contribution in [0.1, 0.15) is 0 Å². The average molecular weight is 703 g/mol. The van der Waals surface area contributed by atoms with Gasteiger partial charge in [0.25, 0.3) is 0 Å². The van der Waals surface area contributed by atoms with E-state index in [9.17, 15) is 0 Å². The maximum atomic E-state index is 5.07. The monoisotopic (exact) mass is 702 g/mol. The molecule has 10 aromatic rings. The third kappa shape index (κ3) is 6.06. The molecule has 0 bridgehead atoms. The van der Waals surface area contributed by atoms with E-state index in [0.717, 1.165) is 44.5 Å². The summed E-state index contributed by atoms with van der Waals surface area (Å²) in [6.07, 6.45) is 0. The highest BCUT2D eigenvalue weighted by Crippen LogP contribution is 2.40. The van der Waals surface area contributed by atoms with Gasteiger partial charge in [-0.25, -0.2) is 15.0 Å². The van der Waals surface area contributed by atoms with Crippen molar-refractivity contribution in [2.24, 2.45) is 0 Å². The van der Waals surface area contributed by atoms with Crippen molar-refractivity contribution < 1.29 is 0 Å². The van der Waals surface area contributed by atoms with Crippen molar-refractivity contribution in [3.63, 3.8) is 0 Å². The molecule has 2 aromatic heterocycles. The summed E-state index contributed by atoms with van der Waals surface area (Å²) in [6.45, 7) is 0. The molecular formula is C51H34N4. The Hall–Kier alpha value is -7.43. The Labute approximate surface area is 319 Å². The summed E-state index contributed by atoms with van der Waals surface area (Å²) >= 11 is 0. The zero-order valence-electron chi connectivity index (χ0n) is 29.9. The van der Waals surface area contributed by atoms with Crippen molar-refractivity contribution in [3.05, 3.63) is 206 Å². The van der Waals surface area contributed by atoms with Crippen LogP contribution in [0.2, 0.25) is 0 Å². The molecule has 0 radical (unpaired) electrons. The Morgan fingerprint density at radius 2 is 0.691 bits per heavy atom. The number of fused-ring (bicyclic) bond motifs is 3. The molecule has 0 aliphatic rings. The Morgan fingerprint density at radius 1 is 0.273 bits per heavy atom. The standard InChI is InChI=1S/C51H34N4/c1-5-15-35(16-6-1)36-25-27-37(28-26-36)41-29-31-44-43-23-13-14-24-46(43)55(48(44)34-41)47-32-30-42(33-45(47)38-17-7-2-8-18-38)51-53-49(39-19-9-3-10-20-39)52-50(54-51)40-21-11-4-12-22-40/h1-34H. The van der Waals surface area contributed by atoms with Gasteiger partial charge in [-0.2, -0.15) is 0 Å². The van der Waals surface area contributed by atoms with Crippen LogP contribution in [-0.4, -0.2) is 19.5 Å². The topological polar surface area (TPSA) is 43.6 Å². The third-order valence-electron chi connectivity index (χ3n) is 10.3. The zero-order valence-corrected chi connectivity index (χ0v) is 29.9. The summed E-state index contributed by atoms with van der Waals surface area (Å²) in [5.41, 5.74) is 13.1. The first kappa shape index (κ1) is 32.2. The molecule has 2 heterocycles. The number of benzene rings is 8. The molecule has 0 unspecified atom stereocenters. The summed E-state index contributed by atoms with van der Waals surface area (Å²) in [5.74, 6) is 1.91. The van der Waals surface area contributed by atoms with Crippen LogP contribution in [-0.2, 0) is 0 Å². The fourth-order valence-corrected chi connectivity index (χ4v) is 7.55. The van der Waals surface area contributed by atoms with Crippen molar-refractivity contribution in [1.82, 2.24) is 19.5 Å². The van der Waals surface area contributed by atoms with E-state index in [2.05, 4.69) is 150 Å². The average Bonchev–Trinajstić information content (AvgIpc) is 3.61. The molecule has 0 saturated carbocycles. The number of nitrogens with zero attached hydrogens (tertiary/aromatic N) is 4. The maximum absolute atomic E-state index is 5.07. The number of para-hydroxylation sites is 1. The van der Waals surface area contributed by atoms with E-state index >= 15 is 0 Å². The molecule has 10 rings (SSSR count). The molecule has 258 valence electrons. The van der Waals surface area contributed by atoms with Crippen LogP contribution in [0.3, 0.4) is 0 Å². The lowest BCUT2D eigenvalue weighted by molar-refractivity contribution is 1.07. The molecule has 55 heavy (non-hydrogen) atoms. The molecule has 0 fully saturated rings. The molecule has 0 atom stereocenters. The molecule has 0 N–H and O–H groups in total. The lowest BCUT2D eigenvalue weighted by Crippen LogP contribution is -2.02. The Balaban J connectivity index is 1.16. The predicted molar refractivity (Wildman–Crippen MR) is 227 cm³/mol. The minimum absolute atomic E-state index is 0.625. The molecule has 0 amide bonds. The van der Waals surface area contributed by atoms with Crippen LogP contribution < -0.4 is 0 Å². The lowest BCUT2D eigenvalue weighted by atomic mass is 9.99. The zero-order chi connectivity index (χ0) is 36.6.